The maximum absolute atomic E-state index is 8.97. The minimum Gasteiger partial charge on any atom is -0.484 e. The number of furan rings is 2. The van der Waals surface area contributed by atoms with E-state index >= 15 is 0 Å². The minimum absolute atomic E-state index is 0.00626. The first-order valence-electron chi connectivity index (χ1n) is 10.4. The number of hydrogen-bond donors (Lipinski definition) is 1. The summed E-state index contributed by atoms with van der Waals surface area (Å²) in [5.74, 6) is 3.60. The number of allylic oxidation sites excluding steroid dienone is 6. The predicted molar refractivity (Wildman–Crippen MR) is 131 cm³/mol. The molecule has 0 bridgehead atoms. The Kier molecular flexibility index (Phi) is 7.18. The Morgan fingerprint density at radius 2 is 1.37 bits per heavy atom. The Morgan fingerprint density at radius 3 is 1.86 bits per heavy atom. The zero-order chi connectivity index (χ0) is 24.6. The summed E-state index contributed by atoms with van der Waals surface area (Å²) in [6.07, 6.45) is 9.83. The van der Waals surface area contributed by atoms with Crippen molar-refractivity contribution >= 4 is 23.5 Å². The third kappa shape index (κ3) is 5.20. The molecule has 0 saturated carbocycles. The van der Waals surface area contributed by atoms with Gasteiger partial charge in [-0.15, -0.1) is 11.3 Å². The van der Waals surface area contributed by atoms with Gasteiger partial charge in [-0.1, -0.05) is 12.2 Å². The van der Waals surface area contributed by atoms with Crippen molar-refractivity contribution in [2.45, 2.75) is 0 Å². The molecule has 1 aliphatic rings. The van der Waals surface area contributed by atoms with E-state index in [2.05, 4.69) is 5.32 Å². The lowest BCUT2D eigenvalue weighted by molar-refractivity contribution is 0.174. The third-order valence-corrected chi connectivity index (χ3v) is 5.96. The highest BCUT2D eigenvalue weighted by Gasteiger charge is 2.29. The number of nitriles is 3. The van der Waals surface area contributed by atoms with Gasteiger partial charge in [-0.05, 0) is 48.6 Å². The fourth-order valence-electron chi connectivity index (χ4n) is 3.16. The molecule has 172 valence electrons. The van der Waals surface area contributed by atoms with Crippen molar-refractivity contribution in [2.24, 2.45) is 0 Å². The van der Waals surface area contributed by atoms with Crippen molar-refractivity contribution in [3.05, 3.63) is 71.4 Å². The van der Waals surface area contributed by atoms with Crippen LogP contribution in [0.5, 0.6) is 11.5 Å². The van der Waals surface area contributed by atoms with E-state index < -0.39 is 0 Å². The largest absolute Gasteiger partial charge is 0.484 e. The van der Waals surface area contributed by atoms with Crippen LogP contribution >= 0.6 is 11.3 Å². The first-order valence-corrected chi connectivity index (χ1v) is 11.3. The van der Waals surface area contributed by atoms with Crippen LogP contribution in [0.4, 0.5) is 0 Å². The SMILES string of the molecule is CN/C(C#N)=C/C=C/c1ccc(-c2sc(-c3ccc(/C=C/C=C(C#N)C#N)o3)c3c2OCCO3)o1. The number of nitrogens with zero attached hydrogens (tertiary/aromatic N) is 3. The van der Waals surface area contributed by atoms with E-state index in [9.17, 15) is 0 Å². The van der Waals surface area contributed by atoms with E-state index in [1.807, 2.05) is 24.3 Å². The molecule has 0 unspecified atom stereocenters. The maximum Gasteiger partial charge on any atom is 0.183 e. The Balaban J connectivity index is 1.62. The van der Waals surface area contributed by atoms with Gasteiger partial charge in [-0.25, -0.2) is 0 Å². The van der Waals surface area contributed by atoms with E-state index in [1.165, 1.54) is 17.4 Å². The molecule has 8 nitrogen and oxygen atoms in total. The highest BCUT2D eigenvalue weighted by molar-refractivity contribution is 7.19. The third-order valence-electron chi connectivity index (χ3n) is 4.78. The number of rotatable bonds is 7. The molecule has 0 saturated heterocycles. The molecule has 0 radical (unpaired) electrons. The van der Waals surface area contributed by atoms with Gasteiger partial charge in [0, 0.05) is 7.05 Å². The number of thiophene rings is 1. The second kappa shape index (κ2) is 10.8. The van der Waals surface area contributed by atoms with Crippen LogP contribution in [0, 0.1) is 34.0 Å². The first-order chi connectivity index (χ1) is 17.2. The maximum atomic E-state index is 8.97. The van der Waals surface area contributed by atoms with Gasteiger partial charge in [0.1, 0.15) is 75.5 Å². The molecule has 1 aliphatic heterocycles. The molecule has 3 aromatic rings. The number of hydrogen-bond acceptors (Lipinski definition) is 9. The molecule has 9 heteroatoms. The first kappa shape index (κ1) is 23.3. The van der Waals surface area contributed by atoms with E-state index in [0.29, 0.717) is 53.5 Å². The monoisotopic (exact) mass is 482 g/mol. The van der Waals surface area contributed by atoms with Crippen LogP contribution < -0.4 is 14.8 Å². The molecular weight excluding hydrogens is 464 g/mol. The summed E-state index contributed by atoms with van der Waals surface area (Å²) in [5.41, 5.74) is 0.446. The molecule has 0 fully saturated rings. The van der Waals surface area contributed by atoms with Crippen LogP contribution in [0.2, 0.25) is 0 Å². The van der Waals surface area contributed by atoms with Gasteiger partial charge in [-0.3, -0.25) is 0 Å². The fraction of sp³-hybridized carbons (Fsp3) is 0.115. The predicted octanol–water partition coefficient (Wildman–Crippen LogP) is 5.67. The van der Waals surface area contributed by atoms with Crippen LogP contribution in [0.25, 0.3) is 33.4 Å². The minimum atomic E-state index is 0.00626. The topological polar surface area (TPSA) is 128 Å². The van der Waals surface area contributed by atoms with Gasteiger partial charge in [-0.2, -0.15) is 15.8 Å². The lowest BCUT2D eigenvalue weighted by Gasteiger charge is -2.16. The molecule has 0 aliphatic carbocycles. The zero-order valence-corrected chi connectivity index (χ0v) is 19.4. The van der Waals surface area contributed by atoms with Gasteiger partial charge in [0.25, 0.3) is 0 Å². The van der Waals surface area contributed by atoms with Crippen LogP contribution in [0.3, 0.4) is 0 Å². The molecule has 0 aromatic carbocycles. The van der Waals surface area contributed by atoms with Crippen molar-refractivity contribution in [3.8, 4) is 51.0 Å². The van der Waals surface area contributed by atoms with Gasteiger partial charge in [0.15, 0.2) is 11.5 Å². The highest BCUT2D eigenvalue weighted by Crippen LogP contribution is 2.54. The van der Waals surface area contributed by atoms with Gasteiger partial charge < -0.3 is 23.6 Å². The normalized spacial score (nSPS) is 12.8. The summed E-state index contributed by atoms with van der Waals surface area (Å²) in [5, 5.41) is 29.4. The van der Waals surface area contributed by atoms with Crippen LogP contribution in [-0.2, 0) is 0 Å². The summed E-state index contributed by atoms with van der Waals surface area (Å²) >= 11 is 1.43. The van der Waals surface area contributed by atoms with Crippen molar-refractivity contribution in [1.29, 1.82) is 15.8 Å². The summed E-state index contributed by atoms with van der Waals surface area (Å²) in [7, 11) is 1.68. The molecular formula is C26H18N4O4S. The van der Waals surface area contributed by atoms with E-state index in [4.69, 9.17) is 34.1 Å². The van der Waals surface area contributed by atoms with Crippen molar-refractivity contribution in [1.82, 2.24) is 5.32 Å². The number of fused-ring (bicyclic) bond motifs is 1. The Hall–Kier alpha value is -4.91. The average Bonchev–Trinajstić information content (AvgIpc) is 3.63. The number of nitrogens with one attached hydrogen (secondary N) is 1. The van der Waals surface area contributed by atoms with Crippen molar-refractivity contribution < 1.29 is 18.3 Å². The van der Waals surface area contributed by atoms with Gasteiger partial charge in [0.2, 0.25) is 0 Å². The molecule has 3 aromatic heterocycles. The van der Waals surface area contributed by atoms with Crippen molar-refractivity contribution in [2.75, 3.05) is 20.3 Å². The molecule has 0 atom stereocenters. The van der Waals surface area contributed by atoms with E-state index in [0.717, 1.165) is 9.75 Å². The Labute approximate surface area is 205 Å². The zero-order valence-electron chi connectivity index (χ0n) is 18.6. The Morgan fingerprint density at radius 1 is 0.829 bits per heavy atom. The van der Waals surface area contributed by atoms with E-state index in [-0.39, 0.29) is 5.57 Å². The van der Waals surface area contributed by atoms with E-state index in [1.54, 1.807) is 55.6 Å². The lowest BCUT2D eigenvalue weighted by Crippen LogP contribution is -2.14. The second-order valence-corrected chi connectivity index (χ2v) is 8.00. The second-order valence-electron chi connectivity index (χ2n) is 6.98. The Bertz CT molecular complexity index is 1460. The van der Waals surface area contributed by atoms with Gasteiger partial charge in [0.05, 0.1) is 0 Å². The highest BCUT2D eigenvalue weighted by atomic mass is 32.1. The summed E-state index contributed by atoms with van der Waals surface area (Å²) in [6.45, 7) is 0.846. The summed E-state index contributed by atoms with van der Waals surface area (Å²) in [6, 6.07) is 12.9. The fourth-order valence-corrected chi connectivity index (χ4v) is 4.27. The van der Waals surface area contributed by atoms with Crippen LogP contribution in [0.1, 0.15) is 11.5 Å². The molecule has 1 N–H and O–H groups in total. The molecule has 0 spiro atoms. The number of ether oxygens (including phenoxy) is 2. The smallest absolute Gasteiger partial charge is 0.183 e. The molecule has 35 heavy (non-hydrogen) atoms. The average molecular weight is 483 g/mol. The summed E-state index contributed by atoms with van der Waals surface area (Å²) in [4.78, 5) is 1.55. The van der Waals surface area contributed by atoms with Gasteiger partial charge >= 0.3 is 0 Å². The lowest BCUT2D eigenvalue weighted by atomic mass is 10.2. The molecule has 4 rings (SSSR count). The molecule has 4 heterocycles. The van der Waals surface area contributed by atoms with Crippen LogP contribution in [0.15, 0.2) is 68.7 Å². The standard InChI is InChI=1S/C26H18N4O4S/c1-30-18(16-29)5-3-7-20-9-11-22(34-20)26-24-23(31-12-13-32-24)25(35-26)21-10-8-19(33-21)6-2-4-17(14-27)15-28/h2-11,30H,12-13H2,1H3/b6-2+,7-3+,18-5+. The van der Waals surface area contributed by atoms with Crippen LogP contribution in [-0.4, -0.2) is 20.3 Å². The van der Waals surface area contributed by atoms with Crippen molar-refractivity contribution in [3.63, 3.8) is 0 Å². The summed E-state index contributed by atoms with van der Waals surface area (Å²) < 4.78 is 23.8. The quantitative estimate of drug-likeness (QED) is 0.337. The molecule has 0 amide bonds.